The van der Waals surface area contributed by atoms with E-state index in [9.17, 15) is 0 Å². The van der Waals surface area contributed by atoms with E-state index in [0.717, 1.165) is 5.92 Å². The fourth-order valence-corrected chi connectivity index (χ4v) is 2.24. The number of rotatable bonds is 3. The summed E-state index contributed by atoms with van der Waals surface area (Å²) >= 11 is 3.59. The highest BCUT2D eigenvalue weighted by molar-refractivity contribution is 9.10. The third-order valence-corrected chi connectivity index (χ3v) is 4.41. The number of benzene rings is 1. The van der Waals surface area contributed by atoms with E-state index in [0.29, 0.717) is 6.04 Å². The molecule has 1 saturated carbocycles. The standard InChI is InChI=1S/C13H18BrN/c1-8-6-12(7-9(2)13(8)14)15-10(3)11-4-5-11/h6-7,10-11,15H,4-5H2,1-3H3. The van der Waals surface area contributed by atoms with E-state index in [1.807, 2.05) is 0 Å². The topological polar surface area (TPSA) is 12.0 Å². The van der Waals surface area contributed by atoms with Crippen LogP contribution in [0.5, 0.6) is 0 Å². The van der Waals surface area contributed by atoms with Gasteiger partial charge in [0.1, 0.15) is 0 Å². The Morgan fingerprint density at radius 2 is 1.80 bits per heavy atom. The van der Waals surface area contributed by atoms with E-state index in [-0.39, 0.29) is 0 Å². The molecular formula is C13H18BrN. The van der Waals surface area contributed by atoms with Gasteiger partial charge in [0, 0.05) is 16.2 Å². The second kappa shape index (κ2) is 4.17. The zero-order chi connectivity index (χ0) is 11.0. The van der Waals surface area contributed by atoms with Gasteiger partial charge < -0.3 is 5.32 Å². The van der Waals surface area contributed by atoms with Crippen molar-refractivity contribution in [2.24, 2.45) is 5.92 Å². The van der Waals surface area contributed by atoms with Crippen LogP contribution in [0.4, 0.5) is 5.69 Å². The Hall–Kier alpha value is -0.500. The summed E-state index contributed by atoms with van der Waals surface area (Å²) in [5.74, 6) is 0.897. The first-order chi connectivity index (χ1) is 7.08. The van der Waals surface area contributed by atoms with Crippen LogP contribution >= 0.6 is 15.9 Å². The van der Waals surface area contributed by atoms with Crippen molar-refractivity contribution in [3.8, 4) is 0 Å². The molecule has 1 aliphatic carbocycles. The Morgan fingerprint density at radius 3 is 2.27 bits per heavy atom. The van der Waals surface area contributed by atoms with Gasteiger partial charge in [0.05, 0.1) is 0 Å². The van der Waals surface area contributed by atoms with E-state index >= 15 is 0 Å². The van der Waals surface area contributed by atoms with Gasteiger partial charge in [0.15, 0.2) is 0 Å². The molecule has 0 radical (unpaired) electrons. The third kappa shape index (κ3) is 2.54. The van der Waals surface area contributed by atoms with Crippen LogP contribution in [-0.4, -0.2) is 6.04 Å². The largest absolute Gasteiger partial charge is 0.382 e. The smallest absolute Gasteiger partial charge is 0.0348 e. The van der Waals surface area contributed by atoms with Crippen molar-refractivity contribution < 1.29 is 0 Å². The second-order valence-corrected chi connectivity index (χ2v) is 5.49. The predicted molar refractivity (Wildman–Crippen MR) is 69.4 cm³/mol. The highest BCUT2D eigenvalue weighted by atomic mass is 79.9. The van der Waals surface area contributed by atoms with E-state index in [1.54, 1.807) is 0 Å². The van der Waals surface area contributed by atoms with Crippen molar-refractivity contribution >= 4 is 21.6 Å². The average Bonchev–Trinajstić information content (AvgIpc) is 2.96. The lowest BCUT2D eigenvalue weighted by atomic mass is 10.1. The summed E-state index contributed by atoms with van der Waals surface area (Å²) in [4.78, 5) is 0. The molecular weight excluding hydrogens is 250 g/mol. The predicted octanol–water partition coefficient (Wildman–Crippen LogP) is 4.28. The highest BCUT2D eigenvalue weighted by Crippen LogP contribution is 2.34. The number of nitrogens with one attached hydrogen (secondary N) is 1. The number of halogens is 1. The van der Waals surface area contributed by atoms with Gasteiger partial charge >= 0.3 is 0 Å². The van der Waals surface area contributed by atoms with Gasteiger partial charge in [-0.25, -0.2) is 0 Å². The minimum atomic E-state index is 0.616. The summed E-state index contributed by atoms with van der Waals surface area (Å²) in [5, 5.41) is 3.59. The summed E-state index contributed by atoms with van der Waals surface area (Å²) < 4.78 is 1.23. The summed E-state index contributed by atoms with van der Waals surface area (Å²) in [6.45, 7) is 6.57. The maximum Gasteiger partial charge on any atom is 0.0348 e. The second-order valence-electron chi connectivity index (χ2n) is 4.69. The molecule has 0 spiro atoms. The molecule has 1 aliphatic rings. The highest BCUT2D eigenvalue weighted by Gasteiger charge is 2.27. The van der Waals surface area contributed by atoms with Crippen molar-refractivity contribution in [1.29, 1.82) is 0 Å². The molecule has 1 aromatic carbocycles. The molecule has 0 bridgehead atoms. The lowest BCUT2D eigenvalue weighted by molar-refractivity contribution is 0.694. The average molecular weight is 268 g/mol. The Balaban J connectivity index is 2.14. The first-order valence-corrected chi connectivity index (χ1v) is 6.40. The summed E-state index contributed by atoms with van der Waals surface area (Å²) in [7, 11) is 0. The van der Waals surface area contributed by atoms with Crippen LogP contribution in [-0.2, 0) is 0 Å². The SMILES string of the molecule is Cc1cc(NC(C)C2CC2)cc(C)c1Br. The van der Waals surface area contributed by atoms with Gasteiger partial charge in [-0.05, 0) is 62.8 Å². The molecule has 1 unspecified atom stereocenters. The van der Waals surface area contributed by atoms with Crippen LogP contribution in [0.25, 0.3) is 0 Å². The quantitative estimate of drug-likeness (QED) is 0.862. The summed E-state index contributed by atoms with van der Waals surface area (Å²) in [6.07, 6.45) is 2.78. The first-order valence-electron chi connectivity index (χ1n) is 5.61. The zero-order valence-electron chi connectivity index (χ0n) is 9.60. The van der Waals surface area contributed by atoms with Crippen LogP contribution in [0.2, 0.25) is 0 Å². The normalized spacial score (nSPS) is 17.6. The molecule has 0 amide bonds. The molecule has 2 heteroatoms. The van der Waals surface area contributed by atoms with Gasteiger partial charge in [-0.15, -0.1) is 0 Å². The van der Waals surface area contributed by atoms with E-state index in [2.05, 4.69) is 54.2 Å². The molecule has 1 nitrogen and oxygen atoms in total. The minimum absolute atomic E-state index is 0.616. The van der Waals surface area contributed by atoms with Crippen molar-refractivity contribution in [2.75, 3.05) is 5.32 Å². The van der Waals surface area contributed by atoms with Crippen LogP contribution < -0.4 is 5.32 Å². The molecule has 15 heavy (non-hydrogen) atoms. The Morgan fingerprint density at radius 1 is 1.27 bits per heavy atom. The number of anilines is 1. The van der Waals surface area contributed by atoms with Crippen LogP contribution in [0, 0.1) is 19.8 Å². The third-order valence-electron chi connectivity index (χ3n) is 3.16. The lowest BCUT2D eigenvalue weighted by Crippen LogP contribution is -2.17. The van der Waals surface area contributed by atoms with Crippen molar-refractivity contribution in [1.82, 2.24) is 0 Å². The van der Waals surface area contributed by atoms with Crippen molar-refractivity contribution in [3.05, 3.63) is 27.7 Å². The number of hydrogen-bond acceptors (Lipinski definition) is 1. The summed E-state index contributed by atoms with van der Waals surface area (Å²) in [5.41, 5.74) is 3.87. The molecule has 0 aliphatic heterocycles. The van der Waals surface area contributed by atoms with E-state index in [4.69, 9.17) is 0 Å². The summed E-state index contributed by atoms with van der Waals surface area (Å²) in [6, 6.07) is 5.05. The Bertz CT molecular complexity index is 346. The first kappa shape index (κ1) is 11.0. The molecule has 1 atom stereocenters. The fourth-order valence-electron chi connectivity index (χ4n) is 2.01. The van der Waals surface area contributed by atoms with Gasteiger partial charge in [-0.2, -0.15) is 0 Å². The molecule has 1 N–H and O–H groups in total. The molecule has 2 rings (SSSR count). The molecule has 0 aromatic heterocycles. The Kier molecular flexibility index (Phi) is 3.06. The lowest BCUT2D eigenvalue weighted by Gasteiger charge is -2.16. The maximum absolute atomic E-state index is 3.59. The molecule has 0 heterocycles. The Labute approximate surface area is 100 Å². The fraction of sp³-hybridized carbons (Fsp3) is 0.538. The van der Waals surface area contributed by atoms with Crippen molar-refractivity contribution in [2.45, 2.75) is 39.7 Å². The minimum Gasteiger partial charge on any atom is -0.382 e. The van der Waals surface area contributed by atoms with Crippen LogP contribution in [0.1, 0.15) is 30.9 Å². The monoisotopic (exact) mass is 267 g/mol. The molecule has 1 fully saturated rings. The molecule has 1 aromatic rings. The van der Waals surface area contributed by atoms with Crippen molar-refractivity contribution in [3.63, 3.8) is 0 Å². The van der Waals surface area contributed by atoms with E-state index < -0.39 is 0 Å². The van der Waals surface area contributed by atoms with Gasteiger partial charge in [-0.3, -0.25) is 0 Å². The van der Waals surface area contributed by atoms with Crippen LogP contribution in [0.15, 0.2) is 16.6 Å². The number of hydrogen-bond donors (Lipinski definition) is 1. The van der Waals surface area contributed by atoms with Gasteiger partial charge in [-0.1, -0.05) is 15.9 Å². The maximum atomic E-state index is 3.59. The van der Waals surface area contributed by atoms with Crippen LogP contribution in [0.3, 0.4) is 0 Å². The molecule has 0 saturated heterocycles. The van der Waals surface area contributed by atoms with Gasteiger partial charge in [0.25, 0.3) is 0 Å². The number of aryl methyl sites for hydroxylation is 2. The van der Waals surface area contributed by atoms with E-state index in [1.165, 1.54) is 34.1 Å². The molecule has 82 valence electrons. The zero-order valence-corrected chi connectivity index (χ0v) is 11.2. The van der Waals surface area contributed by atoms with Gasteiger partial charge in [0.2, 0.25) is 0 Å².